The predicted molar refractivity (Wildman–Crippen MR) is 80.6 cm³/mol. The SMILES string of the molecule is O=C(CCN1Cc2ccccc2C1)NC1CCNCC1O. The van der Waals surface area contributed by atoms with E-state index in [4.69, 9.17) is 0 Å². The van der Waals surface area contributed by atoms with Gasteiger partial charge in [-0.05, 0) is 24.1 Å². The van der Waals surface area contributed by atoms with E-state index < -0.39 is 6.10 Å². The minimum absolute atomic E-state index is 0.0388. The van der Waals surface area contributed by atoms with Crippen LogP contribution >= 0.6 is 0 Å². The number of nitrogens with one attached hydrogen (secondary N) is 2. The summed E-state index contributed by atoms with van der Waals surface area (Å²) in [5.74, 6) is 0.0388. The van der Waals surface area contributed by atoms with Gasteiger partial charge in [-0.25, -0.2) is 0 Å². The van der Waals surface area contributed by atoms with Crippen LogP contribution in [0.1, 0.15) is 24.0 Å². The number of carbonyl (C=O) groups is 1. The molecule has 1 saturated heterocycles. The zero-order valence-corrected chi connectivity index (χ0v) is 12.2. The summed E-state index contributed by atoms with van der Waals surface area (Å²) >= 11 is 0. The Morgan fingerprint density at radius 2 is 2.05 bits per heavy atom. The number of piperidine rings is 1. The first kappa shape index (κ1) is 14.5. The van der Waals surface area contributed by atoms with Crippen molar-refractivity contribution in [2.75, 3.05) is 19.6 Å². The minimum Gasteiger partial charge on any atom is -0.390 e. The summed E-state index contributed by atoms with van der Waals surface area (Å²) in [5.41, 5.74) is 2.73. The molecule has 5 heteroatoms. The molecule has 2 atom stereocenters. The zero-order valence-electron chi connectivity index (χ0n) is 12.2. The van der Waals surface area contributed by atoms with E-state index in [1.807, 2.05) is 0 Å². The van der Waals surface area contributed by atoms with E-state index in [9.17, 15) is 9.90 Å². The molecular formula is C16H23N3O2. The summed E-state index contributed by atoms with van der Waals surface area (Å²) in [6.07, 6.45) is 0.811. The van der Waals surface area contributed by atoms with Crippen molar-refractivity contribution in [2.45, 2.75) is 38.1 Å². The Balaban J connectivity index is 1.43. The zero-order chi connectivity index (χ0) is 14.7. The smallest absolute Gasteiger partial charge is 0.221 e. The van der Waals surface area contributed by atoms with Gasteiger partial charge in [0, 0.05) is 32.6 Å². The summed E-state index contributed by atoms with van der Waals surface area (Å²) in [6.45, 7) is 4.04. The first-order chi connectivity index (χ1) is 10.2. The maximum absolute atomic E-state index is 12.0. The molecule has 1 amide bonds. The Morgan fingerprint density at radius 1 is 1.33 bits per heavy atom. The fourth-order valence-corrected chi connectivity index (χ4v) is 3.11. The summed E-state index contributed by atoms with van der Waals surface area (Å²) in [7, 11) is 0. The number of nitrogens with zero attached hydrogens (tertiary/aromatic N) is 1. The van der Waals surface area contributed by atoms with Crippen LogP contribution in [-0.4, -0.2) is 47.7 Å². The molecule has 114 valence electrons. The summed E-state index contributed by atoms with van der Waals surface area (Å²) in [6, 6.07) is 8.33. The van der Waals surface area contributed by atoms with Crippen LogP contribution in [0.3, 0.4) is 0 Å². The second kappa shape index (κ2) is 6.56. The second-order valence-corrected chi connectivity index (χ2v) is 5.96. The molecule has 3 rings (SSSR count). The number of aliphatic hydroxyl groups excluding tert-OH is 1. The van der Waals surface area contributed by atoms with E-state index in [-0.39, 0.29) is 11.9 Å². The van der Waals surface area contributed by atoms with Crippen molar-refractivity contribution < 1.29 is 9.90 Å². The Kier molecular flexibility index (Phi) is 4.53. The average Bonchev–Trinajstić information content (AvgIpc) is 2.90. The number of β-amino-alcohol motifs (C(OH)–C–C–N with tert-alkyl or cyclic N) is 1. The van der Waals surface area contributed by atoms with Crippen LogP contribution in [0.25, 0.3) is 0 Å². The Labute approximate surface area is 125 Å². The maximum atomic E-state index is 12.0. The van der Waals surface area contributed by atoms with Gasteiger partial charge in [0.2, 0.25) is 5.91 Å². The summed E-state index contributed by atoms with van der Waals surface area (Å²) < 4.78 is 0. The summed E-state index contributed by atoms with van der Waals surface area (Å²) in [4.78, 5) is 14.3. The van der Waals surface area contributed by atoms with Crippen molar-refractivity contribution in [3.8, 4) is 0 Å². The van der Waals surface area contributed by atoms with Crippen LogP contribution in [0.5, 0.6) is 0 Å². The molecule has 1 aromatic rings. The molecular weight excluding hydrogens is 266 g/mol. The van der Waals surface area contributed by atoms with Gasteiger partial charge in [-0.3, -0.25) is 9.69 Å². The van der Waals surface area contributed by atoms with Gasteiger partial charge in [0.25, 0.3) is 0 Å². The van der Waals surface area contributed by atoms with Crippen molar-refractivity contribution in [2.24, 2.45) is 0 Å². The molecule has 0 spiro atoms. The van der Waals surface area contributed by atoms with E-state index in [0.29, 0.717) is 13.0 Å². The predicted octanol–water partition coefficient (Wildman–Crippen LogP) is 0.231. The molecule has 2 aliphatic heterocycles. The number of benzene rings is 1. The largest absolute Gasteiger partial charge is 0.390 e. The highest BCUT2D eigenvalue weighted by atomic mass is 16.3. The Bertz CT molecular complexity index is 481. The third kappa shape index (κ3) is 3.61. The standard InChI is InChI=1S/C16H23N3O2/c20-15-9-17-7-5-14(15)18-16(21)6-8-19-10-12-3-1-2-4-13(12)11-19/h1-4,14-15,17,20H,5-11H2,(H,18,21). The average molecular weight is 289 g/mol. The first-order valence-electron chi connectivity index (χ1n) is 7.69. The van der Waals surface area contributed by atoms with Crippen LogP contribution in [0.15, 0.2) is 24.3 Å². The highest BCUT2D eigenvalue weighted by molar-refractivity contribution is 5.76. The molecule has 2 heterocycles. The molecule has 0 radical (unpaired) electrons. The van der Waals surface area contributed by atoms with Crippen molar-refractivity contribution >= 4 is 5.91 Å². The third-order valence-electron chi connectivity index (χ3n) is 4.36. The quantitative estimate of drug-likeness (QED) is 0.742. The van der Waals surface area contributed by atoms with Crippen LogP contribution in [0.4, 0.5) is 0 Å². The lowest BCUT2D eigenvalue weighted by Gasteiger charge is -2.29. The number of rotatable bonds is 4. The van der Waals surface area contributed by atoms with Gasteiger partial charge >= 0.3 is 0 Å². The second-order valence-electron chi connectivity index (χ2n) is 5.96. The van der Waals surface area contributed by atoms with Gasteiger partial charge in [-0.15, -0.1) is 0 Å². The van der Waals surface area contributed by atoms with E-state index in [2.05, 4.69) is 39.8 Å². The number of fused-ring (bicyclic) bond motifs is 1. The van der Waals surface area contributed by atoms with Crippen molar-refractivity contribution in [3.63, 3.8) is 0 Å². The monoisotopic (exact) mass is 289 g/mol. The molecule has 3 N–H and O–H groups in total. The molecule has 0 bridgehead atoms. The molecule has 2 aliphatic rings. The number of amides is 1. The van der Waals surface area contributed by atoms with Crippen molar-refractivity contribution in [3.05, 3.63) is 35.4 Å². The van der Waals surface area contributed by atoms with Gasteiger partial charge < -0.3 is 15.7 Å². The molecule has 0 aromatic heterocycles. The fraction of sp³-hybridized carbons (Fsp3) is 0.562. The van der Waals surface area contributed by atoms with Gasteiger partial charge in [-0.1, -0.05) is 24.3 Å². The van der Waals surface area contributed by atoms with Gasteiger partial charge in [0.05, 0.1) is 12.1 Å². The third-order valence-corrected chi connectivity index (χ3v) is 4.36. The lowest BCUT2D eigenvalue weighted by Crippen LogP contribution is -2.52. The molecule has 1 aromatic carbocycles. The normalized spacial score (nSPS) is 25.6. The van der Waals surface area contributed by atoms with Gasteiger partial charge in [-0.2, -0.15) is 0 Å². The van der Waals surface area contributed by atoms with E-state index in [1.54, 1.807) is 0 Å². The highest BCUT2D eigenvalue weighted by Crippen LogP contribution is 2.21. The van der Waals surface area contributed by atoms with Gasteiger partial charge in [0.1, 0.15) is 0 Å². The number of hydrogen-bond donors (Lipinski definition) is 3. The lowest BCUT2D eigenvalue weighted by molar-refractivity contribution is -0.123. The van der Waals surface area contributed by atoms with Crippen molar-refractivity contribution in [1.82, 2.24) is 15.5 Å². The highest BCUT2D eigenvalue weighted by Gasteiger charge is 2.25. The van der Waals surface area contributed by atoms with E-state index in [0.717, 1.165) is 32.6 Å². The number of carbonyl (C=O) groups excluding carboxylic acids is 1. The number of hydrogen-bond acceptors (Lipinski definition) is 4. The van der Waals surface area contributed by atoms with E-state index >= 15 is 0 Å². The van der Waals surface area contributed by atoms with Crippen LogP contribution < -0.4 is 10.6 Å². The molecule has 1 fully saturated rings. The van der Waals surface area contributed by atoms with Crippen molar-refractivity contribution in [1.29, 1.82) is 0 Å². The molecule has 5 nitrogen and oxygen atoms in total. The van der Waals surface area contributed by atoms with Gasteiger partial charge in [0.15, 0.2) is 0 Å². The first-order valence-corrected chi connectivity index (χ1v) is 7.69. The Morgan fingerprint density at radius 3 is 2.71 bits per heavy atom. The topological polar surface area (TPSA) is 64.6 Å². The minimum atomic E-state index is -0.473. The Hall–Kier alpha value is -1.43. The lowest BCUT2D eigenvalue weighted by atomic mass is 10.0. The molecule has 21 heavy (non-hydrogen) atoms. The van der Waals surface area contributed by atoms with Crippen LogP contribution in [-0.2, 0) is 17.9 Å². The van der Waals surface area contributed by atoms with Crippen LogP contribution in [0, 0.1) is 0 Å². The number of aliphatic hydroxyl groups is 1. The fourth-order valence-electron chi connectivity index (χ4n) is 3.11. The summed E-state index contributed by atoms with van der Waals surface area (Å²) in [5, 5.41) is 15.9. The molecule has 2 unspecified atom stereocenters. The van der Waals surface area contributed by atoms with Crippen LogP contribution in [0.2, 0.25) is 0 Å². The maximum Gasteiger partial charge on any atom is 0.221 e. The van der Waals surface area contributed by atoms with E-state index in [1.165, 1.54) is 11.1 Å². The molecule has 0 aliphatic carbocycles. The molecule has 0 saturated carbocycles.